The fraction of sp³-hybridized carbons (Fsp3) is 0.250. The van der Waals surface area contributed by atoms with Gasteiger partial charge in [0.2, 0.25) is 0 Å². The van der Waals surface area contributed by atoms with Crippen molar-refractivity contribution in [2.45, 2.75) is 104 Å². The molecule has 0 spiro atoms. The van der Waals surface area contributed by atoms with Gasteiger partial charge in [0.05, 0.1) is 5.54 Å². The third-order valence-corrected chi connectivity index (χ3v) is 19.3. The number of nitrogens with zero attached hydrogens (tertiary/aromatic N) is 3. The second-order valence-electron chi connectivity index (χ2n) is 25.5. The molecule has 76 heavy (non-hydrogen) atoms. The predicted octanol–water partition coefficient (Wildman–Crippen LogP) is 16.8. The molecular weight excluding hydrogens is 918 g/mol. The summed E-state index contributed by atoms with van der Waals surface area (Å²) in [4.78, 5) is 8.22. The van der Waals surface area contributed by atoms with Crippen LogP contribution in [0.5, 0.6) is 0 Å². The van der Waals surface area contributed by atoms with Gasteiger partial charge < -0.3 is 14.7 Å². The zero-order valence-electron chi connectivity index (χ0n) is 45.1. The Hall–Kier alpha value is -7.56. The summed E-state index contributed by atoms with van der Waals surface area (Å²) >= 11 is 0. The molecule has 3 aliphatic carbocycles. The molecule has 3 aliphatic heterocycles. The van der Waals surface area contributed by atoms with Gasteiger partial charge in [-0.05, 0) is 195 Å². The summed E-state index contributed by atoms with van der Waals surface area (Å²) in [5, 5.41) is 0. The van der Waals surface area contributed by atoms with Crippen LogP contribution >= 0.6 is 0 Å². The van der Waals surface area contributed by atoms with Gasteiger partial charge in [0.15, 0.2) is 0 Å². The molecule has 9 aromatic carbocycles. The van der Waals surface area contributed by atoms with Crippen molar-refractivity contribution in [2.24, 2.45) is 10.8 Å². The van der Waals surface area contributed by atoms with E-state index in [1.165, 1.54) is 136 Å². The van der Waals surface area contributed by atoms with Crippen LogP contribution in [0, 0.1) is 10.8 Å². The molecule has 2 unspecified atom stereocenters. The molecule has 1 saturated carbocycles. The molecule has 0 saturated heterocycles. The van der Waals surface area contributed by atoms with E-state index < -0.39 is 0 Å². The molecular formula is C72H66BN3. The summed E-state index contributed by atoms with van der Waals surface area (Å²) in [6.45, 7) is 15.0. The maximum Gasteiger partial charge on any atom is 0.252 e. The molecule has 9 aromatic rings. The summed E-state index contributed by atoms with van der Waals surface area (Å²) < 4.78 is 0. The zero-order chi connectivity index (χ0) is 51.3. The maximum atomic E-state index is 2.83. The molecule has 1 fully saturated rings. The Labute approximate surface area is 451 Å². The first-order valence-corrected chi connectivity index (χ1v) is 28.2. The second-order valence-corrected chi connectivity index (χ2v) is 25.5. The lowest BCUT2D eigenvalue weighted by atomic mass is 9.33. The minimum absolute atomic E-state index is 0.0101. The SMILES string of the molecule is CC1(C)Cc2ccc(N3c4cc5c(cc4B4c6ccc(-c7ccccc7)cc6N(c6cccc(-c7ccccc7)c6)c6cc(N7c8ccc(-c9ccccc9)cc8C8(C)CCCCC78C)cc3c64)CC(C)(C)C5)cc2C1. The minimum Gasteiger partial charge on any atom is -0.334 e. The first-order chi connectivity index (χ1) is 36.8. The van der Waals surface area contributed by atoms with Crippen LogP contribution in [0.1, 0.15) is 95.0 Å². The number of benzene rings is 9. The highest BCUT2D eigenvalue weighted by Gasteiger charge is 2.58. The number of rotatable bonds is 6. The molecule has 0 radical (unpaired) electrons. The predicted molar refractivity (Wildman–Crippen MR) is 322 cm³/mol. The molecule has 372 valence electrons. The molecule has 0 aromatic heterocycles. The van der Waals surface area contributed by atoms with Crippen LogP contribution in [-0.2, 0) is 31.1 Å². The van der Waals surface area contributed by atoms with Crippen molar-refractivity contribution < 1.29 is 0 Å². The highest BCUT2D eigenvalue weighted by Crippen LogP contribution is 2.62. The highest BCUT2D eigenvalue weighted by atomic mass is 15.3. The standard InChI is InChI=1S/C72H66BN3/c1-69(2)43-53-27-30-58(36-54(53)44-69)75-65-40-56-46-70(3,4)45-55(56)38-62(65)73-61-31-28-52(49-23-14-9-15-24-49)39-64(61)74(57-26-18-25-50(35-57)47-19-10-7-11-20-47)66-41-59(42-67(75)68(66)73)76-63-32-29-51(48-21-12-8-13-22-48)37-60(63)71(5)33-16-17-34-72(71,76)6/h7-15,18-32,35-42H,16-17,33-34,43-46H2,1-6H3. The van der Waals surface area contributed by atoms with E-state index in [1.54, 1.807) is 0 Å². The summed E-state index contributed by atoms with van der Waals surface area (Å²) in [5.74, 6) is 0. The van der Waals surface area contributed by atoms with Crippen LogP contribution in [-0.4, -0.2) is 12.3 Å². The van der Waals surface area contributed by atoms with Crippen LogP contribution in [0.3, 0.4) is 0 Å². The summed E-state index contributed by atoms with van der Waals surface area (Å²) in [7, 11) is 0. The van der Waals surface area contributed by atoms with E-state index in [1.807, 2.05) is 0 Å². The van der Waals surface area contributed by atoms with E-state index in [4.69, 9.17) is 0 Å². The Kier molecular flexibility index (Phi) is 9.93. The van der Waals surface area contributed by atoms with Crippen molar-refractivity contribution in [3.05, 3.63) is 222 Å². The van der Waals surface area contributed by atoms with E-state index in [0.29, 0.717) is 0 Å². The van der Waals surface area contributed by atoms with Gasteiger partial charge in [0.1, 0.15) is 0 Å². The summed E-state index contributed by atoms with van der Waals surface area (Å²) in [5.41, 5.74) is 29.5. The first-order valence-electron chi connectivity index (χ1n) is 28.2. The third kappa shape index (κ3) is 6.88. The van der Waals surface area contributed by atoms with Gasteiger partial charge in [-0.1, -0.05) is 181 Å². The largest absolute Gasteiger partial charge is 0.334 e. The normalized spacial score (nSPS) is 20.8. The Morgan fingerprint density at radius 1 is 0.355 bits per heavy atom. The van der Waals surface area contributed by atoms with E-state index in [-0.39, 0.29) is 28.5 Å². The summed E-state index contributed by atoms with van der Waals surface area (Å²) in [6, 6.07) is 75.2. The number of fused-ring (bicyclic) bond motifs is 9. The average Bonchev–Trinajstić information content (AvgIpc) is 4.13. The molecule has 0 amide bonds. The van der Waals surface area contributed by atoms with Gasteiger partial charge in [0, 0.05) is 50.9 Å². The number of hydrogen-bond donors (Lipinski definition) is 0. The van der Waals surface area contributed by atoms with Crippen molar-refractivity contribution in [3.63, 3.8) is 0 Å². The fourth-order valence-electron chi connectivity index (χ4n) is 15.6. The first kappa shape index (κ1) is 45.8. The van der Waals surface area contributed by atoms with E-state index in [9.17, 15) is 0 Å². The second kappa shape index (κ2) is 16.5. The van der Waals surface area contributed by atoms with Crippen molar-refractivity contribution in [1.29, 1.82) is 0 Å². The van der Waals surface area contributed by atoms with Gasteiger partial charge in [-0.25, -0.2) is 0 Å². The third-order valence-electron chi connectivity index (χ3n) is 19.3. The Morgan fingerprint density at radius 3 is 1.54 bits per heavy atom. The van der Waals surface area contributed by atoms with Crippen LogP contribution in [0.4, 0.5) is 45.5 Å². The Balaban J connectivity index is 1.05. The van der Waals surface area contributed by atoms with Crippen LogP contribution in [0.2, 0.25) is 0 Å². The quantitative estimate of drug-likeness (QED) is 0.154. The molecule has 6 aliphatic rings. The van der Waals surface area contributed by atoms with Crippen molar-refractivity contribution >= 4 is 68.6 Å². The molecule has 3 heterocycles. The topological polar surface area (TPSA) is 9.72 Å². The Morgan fingerprint density at radius 2 is 0.882 bits per heavy atom. The fourth-order valence-corrected chi connectivity index (χ4v) is 15.6. The Bertz CT molecular complexity index is 3840. The van der Waals surface area contributed by atoms with Crippen molar-refractivity contribution in [2.75, 3.05) is 14.7 Å². The van der Waals surface area contributed by atoms with Crippen molar-refractivity contribution in [1.82, 2.24) is 0 Å². The van der Waals surface area contributed by atoms with Gasteiger partial charge in [0.25, 0.3) is 6.71 Å². The van der Waals surface area contributed by atoms with E-state index in [2.05, 4.69) is 250 Å². The van der Waals surface area contributed by atoms with E-state index in [0.717, 1.165) is 38.5 Å². The minimum atomic E-state index is -0.169. The van der Waals surface area contributed by atoms with Gasteiger partial charge in [-0.2, -0.15) is 0 Å². The number of hydrogen-bond acceptors (Lipinski definition) is 3. The molecule has 0 N–H and O–H groups in total. The van der Waals surface area contributed by atoms with Crippen LogP contribution < -0.4 is 31.1 Å². The monoisotopic (exact) mass is 984 g/mol. The average molecular weight is 984 g/mol. The molecule has 4 heteroatoms. The number of anilines is 8. The van der Waals surface area contributed by atoms with Gasteiger partial charge >= 0.3 is 0 Å². The summed E-state index contributed by atoms with van der Waals surface area (Å²) in [6.07, 6.45) is 9.10. The van der Waals surface area contributed by atoms with E-state index >= 15 is 0 Å². The van der Waals surface area contributed by atoms with Crippen molar-refractivity contribution in [3.8, 4) is 33.4 Å². The van der Waals surface area contributed by atoms with Crippen LogP contribution in [0.15, 0.2) is 194 Å². The highest BCUT2D eigenvalue weighted by molar-refractivity contribution is 7.00. The molecule has 15 rings (SSSR count). The molecule has 0 bridgehead atoms. The van der Waals surface area contributed by atoms with Gasteiger partial charge in [-0.15, -0.1) is 0 Å². The molecule has 3 nitrogen and oxygen atoms in total. The van der Waals surface area contributed by atoms with Crippen LogP contribution in [0.25, 0.3) is 33.4 Å². The lowest BCUT2D eigenvalue weighted by Crippen LogP contribution is -2.61. The maximum absolute atomic E-state index is 2.83. The molecule has 2 atom stereocenters. The lowest BCUT2D eigenvalue weighted by Gasteiger charge is -2.51. The zero-order valence-corrected chi connectivity index (χ0v) is 45.1. The smallest absolute Gasteiger partial charge is 0.252 e. The van der Waals surface area contributed by atoms with Gasteiger partial charge in [-0.3, -0.25) is 0 Å². The lowest BCUT2D eigenvalue weighted by molar-refractivity contribution is 0.195.